The van der Waals surface area contributed by atoms with Gasteiger partial charge in [-0.15, -0.1) is 0 Å². The van der Waals surface area contributed by atoms with E-state index in [1.165, 1.54) is 17.5 Å². The zero-order chi connectivity index (χ0) is 27.5. The van der Waals surface area contributed by atoms with Crippen molar-refractivity contribution >= 4 is 17.5 Å². The summed E-state index contributed by atoms with van der Waals surface area (Å²) >= 11 is 0. The topological polar surface area (TPSA) is 52.6 Å². The van der Waals surface area contributed by atoms with Gasteiger partial charge in [0, 0.05) is 36.8 Å². The highest BCUT2D eigenvalue weighted by atomic mass is 16.2. The summed E-state index contributed by atoms with van der Waals surface area (Å²) in [4.78, 5) is 29.8. The average molecular weight is 520 g/mol. The molecule has 2 aromatic rings. The van der Waals surface area contributed by atoms with E-state index in [0.29, 0.717) is 17.5 Å². The lowest BCUT2D eigenvalue weighted by atomic mass is 9.87. The number of carbonyl (C=O) groups excluding carboxylic acids is 2. The third-order valence-corrected chi connectivity index (χ3v) is 7.66. The van der Waals surface area contributed by atoms with Gasteiger partial charge in [0.1, 0.15) is 0 Å². The van der Waals surface area contributed by atoms with Crippen LogP contribution in [0.5, 0.6) is 0 Å². The molecule has 5 nitrogen and oxygen atoms in total. The molecule has 0 aliphatic carbocycles. The Bertz CT molecular complexity index is 1030. The first-order valence-corrected chi connectivity index (χ1v) is 14.7. The van der Waals surface area contributed by atoms with Gasteiger partial charge < -0.3 is 15.1 Å². The second-order valence-electron chi connectivity index (χ2n) is 12.0. The molecule has 1 atom stereocenters. The van der Waals surface area contributed by atoms with Crippen LogP contribution >= 0.6 is 0 Å². The van der Waals surface area contributed by atoms with Crippen molar-refractivity contribution in [2.75, 3.05) is 31.5 Å². The Hall–Kier alpha value is -2.66. The summed E-state index contributed by atoms with van der Waals surface area (Å²) in [5, 5.41) is 3.08. The van der Waals surface area contributed by atoms with Crippen molar-refractivity contribution in [3.05, 3.63) is 65.2 Å². The first kappa shape index (κ1) is 29.9. The zero-order valence-corrected chi connectivity index (χ0v) is 24.4. The molecular weight excluding hydrogens is 470 g/mol. The molecule has 0 spiro atoms. The second-order valence-corrected chi connectivity index (χ2v) is 12.0. The number of amides is 2. The van der Waals surface area contributed by atoms with Gasteiger partial charge in [0.2, 0.25) is 5.91 Å². The van der Waals surface area contributed by atoms with Crippen LogP contribution in [0, 0.1) is 0 Å². The third-order valence-electron chi connectivity index (χ3n) is 7.66. The number of likely N-dealkylation sites (tertiary alicyclic amines) is 1. The van der Waals surface area contributed by atoms with Gasteiger partial charge in [0.25, 0.3) is 5.91 Å². The molecule has 1 aliphatic heterocycles. The van der Waals surface area contributed by atoms with Crippen molar-refractivity contribution in [3.8, 4) is 0 Å². The lowest BCUT2D eigenvalue weighted by Gasteiger charge is -2.29. The number of carbonyl (C=O) groups is 2. The van der Waals surface area contributed by atoms with Crippen molar-refractivity contribution < 1.29 is 9.59 Å². The normalized spacial score (nSPS) is 15.4. The first-order valence-electron chi connectivity index (χ1n) is 14.7. The van der Waals surface area contributed by atoms with Gasteiger partial charge in [-0.1, -0.05) is 58.4 Å². The fourth-order valence-corrected chi connectivity index (χ4v) is 5.30. The Kier molecular flexibility index (Phi) is 11.4. The molecule has 0 saturated carbocycles. The fraction of sp³-hybridized carbons (Fsp3) is 0.576. The highest BCUT2D eigenvalue weighted by Gasteiger charge is 2.18. The number of nitrogens with zero attached hydrogens (tertiary/aromatic N) is 2. The molecule has 38 heavy (non-hydrogen) atoms. The van der Waals surface area contributed by atoms with Gasteiger partial charge in [-0.05, 0) is 99.3 Å². The molecule has 2 aromatic carbocycles. The molecule has 2 amide bonds. The minimum atomic E-state index is -0.0776. The number of anilines is 1. The highest BCUT2D eigenvalue weighted by Crippen LogP contribution is 2.23. The smallest absolute Gasteiger partial charge is 0.255 e. The van der Waals surface area contributed by atoms with E-state index in [1.54, 1.807) is 0 Å². The molecule has 0 radical (unpaired) electrons. The largest absolute Gasteiger partial charge is 0.343 e. The lowest BCUT2D eigenvalue weighted by Crippen LogP contribution is -2.37. The number of nitrogens with one attached hydrogen (secondary N) is 1. The van der Waals surface area contributed by atoms with Gasteiger partial charge in [0.05, 0.1) is 0 Å². The molecule has 1 aliphatic rings. The maximum Gasteiger partial charge on any atom is 0.255 e. The Labute approximate surface area is 231 Å². The quantitative estimate of drug-likeness (QED) is 0.305. The molecule has 0 bridgehead atoms. The Balaban J connectivity index is 1.52. The Morgan fingerprint density at radius 2 is 1.79 bits per heavy atom. The summed E-state index contributed by atoms with van der Waals surface area (Å²) in [5.41, 5.74) is 4.03. The zero-order valence-electron chi connectivity index (χ0n) is 24.4. The van der Waals surface area contributed by atoms with Crippen LogP contribution in [0.1, 0.15) is 101 Å². The van der Waals surface area contributed by atoms with E-state index in [9.17, 15) is 9.59 Å². The summed E-state index contributed by atoms with van der Waals surface area (Å²) in [6.45, 7) is 15.0. The Morgan fingerprint density at radius 3 is 2.50 bits per heavy atom. The van der Waals surface area contributed by atoms with Crippen molar-refractivity contribution in [3.63, 3.8) is 0 Å². The van der Waals surface area contributed by atoms with Crippen LogP contribution in [0.3, 0.4) is 0 Å². The fourth-order valence-electron chi connectivity index (χ4n) is 5.30. The van der Waals surface area contributed by atoms with E-state index in [1.807, 2.05) is 36.4 Å². The molecule has 3 rings (SSSR count). The summed E-state index contributed by atoms with van der Waals surface area (Å²) in [5.74, 6) is 0.265. The number of hydrogen-bond donors (Lipinski definition) is 1. The van der Waals surface area contributed by atoms with Gasteiger partial charge in [0.15, 0.2) is 0 Å². The van der Waals surface area contributed by atoms with Crippen LogP contribution in [0.4, 0.5) is 5.69 Å². The maximum atomic E-state index is 12.9. The van der Waals surface area contributed by atoms with Crippen LogP contribution in [-0.2, 0) is 16.6 Å². The first-order chi connectivity index (χ1) is 18.2. The minimum Gasteiger partial charge on any atom is -0.343 e. The van der Waals surface area contributed by atoms with Crippen LogP contribution in [0.15, 0.2) is 48.5 Å². The molecule has 1 heterocycles. The second kappa shape index (κ2) is 14.5. The van der Waals surface area contributed by atoms with Gasteiger partial charge >= 0.3 is 0 Å². The highest BCUT2D eigenvalue weighted by molar-refractivity contribution is 6.04. The maximum absolute atomic E-state index is 12.9. The van der Waals surface area contributed by atoms with Crippen molar-refractivity contribution in [1.82, 2.24) is 9.80 Å². The average Bonchev–Trinajstić information content (AvgIpc) is 3.09. The summed E-state index contributed by atoms with van der Waals surface area (Å²) < 4.78 is 0. The van der Waals surface area contributed by atoms with E-state index < -0.39 is 0 Å². The van der Waals surface area contributed by atoms with Crippen LogP contribution < -0.4 is 5.32 Å². The number of rotatable bonds is 12. The van der Waals surface area contributed by atoms with Crippen molar-refractivity contribution in [2.24, 2.45) is 0 Å². The standard InChI is InChI=1S/C33H49N3O2/c1-6-20-35(21-10-11-23-36-22-9-7-8-15-31(36)37)26(2)24-27-13-12-14-30(25-27)34-32(38)28-16-18-29(19-17-28)33(3,4)5/h12-14,16-19,25-26H,6-11,15,20-24H2,1-5H3,(H,34,38). The molecule has 5 heteroatoms. The Morgan fingerprint density at radius 1 is 1.03 bits per heavy atom. The van der Waals surface area contributed by atoms with Gasteiger partial charge in [-0.2, -0.15) is 0 Å². The molecule has 0 aromatic heterocycles. The number of unbranched alkanes of at least 4 members (excludes halogenated alkanes) is 1. The van der Waals surface area contributed by atoms with E-state index in [-0.39, 0.29) is 11.3 Å². The minimum absolute atomic E-state index is 0.0669. The summed E-state index contributed by atoms with van der Waals surface area (Å²) in [7, 11) is 0. The molecular formula is C33H49N3O2. The molecule has 1 unspecified atom stereocenters. The van der Waals surface area contributed by atoms with Crippen molar-refractivity contribution in [2.45, 2.75) is 97.4 Å². The van der Waals surface area contributed by atoms with E-state index in [2.05, 4.69) is 61.9 Å². The molecule has 1 saturated heterocycles. The van der Waals surface area contributed by atoms with Crippen LogP contribution in [-0.4, -0.2) is 53.8 Å². The van der Waals surface area contributed by atoms with E-state index >= 15 is 0 Å². The molecule has 208 valence electrons. The number of hydrogen-bond acceptors (Lipinski definition) is 3. The van der Waals surface area contributed by atoms with E-state index in [4.69, 9.17) is 0 Å². The van der Waals surface area contributed by atoms with Crippen LogP contribution in [0.25, 0.3) is 0 Å². The summed E-state index contributed by atoms with van der Waals surface area (Å²) in [6, 6.07) is 16.6. The molecule has 1 fully saturated rings. The third kappa shape index (κ3) is 9.27. The van der Waals surface area contributed by atoms with E-state index in [0.717, 1.165) is 76.8 Å². The predicted octanol–water partition coefficient (Wildman–Crippen LogP) is 7.06. The van der Waals surface area contributed by atoms with Crippen LogP contribution in [0.2, 0.25) is 0 Å². The van der Waals surface area contributed by atoms with Crippen molar-refractivity contribution in [1.29, 1.82) is 0 Å². The van der Waals surface area contributed by atoms with Gasteiger partial charge in [-0.3, -0.25) is 9.59 Å². The predicted molar refractivity (Wildman–Crippen MR) is 159 cm³/mol. The summed E-state index contributed by atoms with van der Waals surface area (Å²) in [6.07, 6.45) is 8.34. The number of benzene rings is 2. The SMILES string of the molecule is CCCN(CCCCN1CCCCCC1=O)C(C)Cc1cccc(NC(=O)c2ccc(C(C)(C)C)cc2)c1. The molecule has 1 N–H and O–H groups in total. The monoisotopic (exact) mass is 519 g/mol. The lowest BCUT2D eigenvalue weighted by molar-refractivity contribution is -0.130. The van der Waals surface area contributed by atoms with Gasteiger partial charge in [-0.25, -0.2) is 0 Å².